The molecule has 6 heteroatoms. The minimum atomic E-state index is -3.28. The molecule has 1 atom stereocenters. The first kappa shape index (κ1) is 17.1. The molecular weight excluding hydrogens is 302 g/mol. The van der Waals surface area contributed by atoms with Gasteiger partial charge in [0.1, 0.15) is 17.1 Å². The number of sulfonamides is 1. The van der Waals surface area contributed by atoms with Crippen LogP contribution in [-0.2, 0) is 10.0 Å². The average molecular weight is 327 g/mol. The summed E-state index contributed by atoms with van der Waals surface area (Å²) in [5.74, 6) is 1.54. The second-order valence-electron chi connectivity index (χ2n) is 6.13. The van der Waals surface area contributed by atoms with Crippen molar-refractivity contribution in [3.05, 3.63) is 23.8 Å². The number of benzene rings is 1. The van der Waals surface area contributed by atoms with Crippen molar-refractivity contribution in [2.24, 2.45) is 0 Å². The average Bonchev–Trinajstić information content (AvgIpc) is 2.45. The maximum absolute atomic E-state index is 12.3. The van der Waals surface area contributed by atoms with Gasteiger partial charge in [0.15, 0.2) is 0 Å². The normalized spacial score (nSPS) is 20.4. The van der Waals surface area contributed by atoms with Gasteiger partial charge in [-0.25, -0.2) is 8.42 Å². The van der Waals surface area contributed by atoms with Crippen LogP contribution < -0.4 is 9.47 Å². The van der Waals surface area contributed by atoms with Crippen LogP contribution in [0.5, 0.6) is 11.5 Å². The smallest absolute Gasteiger partial charge is 0.214 e. The zero-order valence-electron chi connectivity index (χ0n) is 13.9. The van der Waals surface area contributed by atoms with Crippen LogP contribution in [0.1, 0.15) is 45.7 Å². The Morgan fingerprint density at radius 1 is 1.36 bits per heavy atom. The van der Waals surface area contributed by atoms with Gasteiger partial charge in [-0.2, -0.15) is 4.31 Å². The molecule has 0 aliphatic carbocycles. The number of nitrogens with zero attached hydrogens (tertiary/aromatic N) is 1. The van der Waals surface area contributed by atoms with E-state index in [4.69, 9.17) is 9.47 Å². The molecule has 22 heavy (non-hydrogen) atoms. The standard InChI is InChI=1S/C16H25NO4S/c1-6-20-12-8-9-15-13(10-12)14(11-16(3,4)21-15)17(5)22(18,19)7-2/h8-10,14H,6-7,11H2,1-5H3. The van der Waals surface area contributed by atoms with Crippen molar-refractivity contribution in [1.82, 2.24) is 4.31 Å². The molecule has 1 aliphatic heterocycles. The van der Waals surface area contributed by atoms with Crippen LogP contribution in [0.2, 0.25) is 0 Å². The van der Waals surface area contributed by atoms with Crippen molar-refractivity contribution >= 4 is 10.0 Å². The molecule has 0 spiro atoms. The third-order valence-corrected chi connectivity index (χ3v) is 5.83. The molecule has 0 radical (unpaired) electrons. The highest BCUT2D eigenvalue weighted by Gasteiger charge is 2.39. The van der Waals surface area contributed by atoms with Gasteiger partial charge in [-0.1, -0.05) is 0 Å². The Balaban J connectivity index is 2.49. The molecule has 1 heterocycles. The van der Waals surface area contributed by atoms with Gasteiger partial charge < -0.3 is 9.47 Å². The van der Waals surface area contributed by atoms with E-state index in [-0.39, 0.29) is 11.8 Å². The number of rotatable bonds is 5. The fourth-order valence-corrected chi connectivity index (χ4v) is 3.76. The lowest BCUT2D eigenvalue weighted by Crippen LogP contribution is -2.42. The third-order valence-electron chi connectivity index (χ3n) is 3.96. The summed E-state index contributed by atoms with van der Waals surface area (Å²) in [7, 11) is -1.64. The van der Waals surface area contributed by atoms with E-state index in [9.17, 15) is 8.42 Å². The quantitative estimate of drug-likeness (QED) is 0.834. The van der Waals surface area contributed by atoms with Gasteiger partial charge in [-0.3, -0.25) is 0 Å². The summed E-state index contributed by atoms with van der Waals surface area (Å²) in [4.78, 5) is 0. The molecule has 5 nitrogen and oxygen atoms in total. The van der Waals surface area contributed by atoms with E-state index in [1.807, 2.05) is 39.0 Å². The zero-order valence-corrected chi connectivity index (χ0v) is 14.7. The Morgan fingerprint density at radius 2 is 2.05 bits per heavy atom. The van der Waals surface area contributed by atoms with Gasteiger partial charge in [-0.15, -0.1) is 0 Å². The Hall–Kier alpha value is -1.27. The van der Waals surface area contributed by atoms with Gasteiger partial charge in [0.05, 0.1) is 18.4 Å². The molecule has 1 aromatic rings. The maximum Gasteiger partial charge on any atom is 0.214 e. The lowest BCUT2D eigenvalue weighted by atomic mass is 9.89. The highest BCUT2D eigenvalue weighted by Crippen LogP contribution is 2.44. The van der Waals surface area contributed by atoms with E-state index in [2.05, 4.69) is 0 Å². The fourth-order valence-electron chi connectivity index (χ4n) is 2.77. The minimum absolute atomic E-state index is 0.0851. The second kappa shape index (κ2) is 6.08. The molecule has 0 N–H and O–H groups in total. The Labute approximate surface area is 133 Å². The molecule has 0 aromatic heterocycles. The lowest BCUT2D eigenvalue weighted by Gasteiger charge is -2.40. The lowest BCUT2D eigenvalue weighted by molar-refractivity contribution is 0.0539. The molecule has 0 saturated carbocycles. The molecule has 2 rings (SSSR count). The van der Waals surface area contributed by atoms with Crippen LogP contribution >= 0.6 is 0 Å². The highest BCUT2D eigenvalue weighted by atomic mass is 32.2. The summed E-state index contributed by atoms with van der Waals surface area (Å²) in [6, 6.07) is 5.36. The molecule has 0 bridgehead atoms. The summed E-state index contributed by atoms with van der Waals surface area (Å²) in [5, 5.41) is 0. The minimum Gasteiger partial charge on any atom is -0.494 e. The van der Waals surface area contributed by atoms with E-state index in [0.29, 0.717) is 13.0 Å². The maximum atomic E-state index is 12.3. The van der Waals surface area contributed by atoms with Crippen molar-refractivity contribution in [2.75, 3.05) is 19.4 Å². The van der Waals surface area contributed by atoms with Crippen LogP contribution in [0, 0.1) is 0 Å². The van der Waals surface area contributed by atoms with Gasteiger partial charge >= 0.3 is 0 Å². The molecule has 0 fully saturated rings. The first-order valence-electron chi connectivity index (χ1n) is 7.61. The van der Waals surface area contributed by atoms with Crippen LogP contribution in [0.3, 0.4) is 0 Å². The van der Waals surface area contributed by atoms with Gasteiger partial charge in [0.25, 0.3) is 0 Å². The molecule has 1 aromatic carbocycles. The molecule has 1 unspecified atom stereocenters. The van der Waals surface area contributed by atoms with Crippen molar-refractivity contribution in [3.8, 4) is 11.5 Å². The number of ether oxygens (including phenoxy) is 2. The van der Waals surface area contributed by atoms with Crippen molar-refractivity contribution in [1.29, 1.82) is 0 Å². The summed E-state index contributed by atoms with van der Waals surface area (Å²) in [6.07, 6.45) is 0.602. The Morgan fingerprint density at radius 3 is 2.64 bits per heavy atom. The predicted molar refractivity (Wildman–Crippen MR) is 86.9 cm³/mol. The van der Waals surface area contributed by atoms with E-state index < -0.39 is 15.6 Å². The van der Waals surface area contributed by atoms with E-state index in [1.165, 1.54) is 4.31 Å². The van der Waals surface area contributed by atoms with Crippen molar-refractivity contribution in [2.45, 2.75) is 45.8 Å². The van der Waals surface area contributed by atoms with E-state index in [1.54, 1.807) is 14.0 Å². The number of fused-ring (bicyclic) bond motifs is 1. The molecule has 124 valence electrons. The van der Waals surface area contributed by atoms with Crippen LogP contribution in [0.25, 0.3) is 0 Å². The number of hydrogen-bond acceptors (Lipinski definition) is 4. The van der Waals surface area contributed by atoms with E-state index in [0.717, 1.165) is 17.1 Å². The first-order chi connectivity index (χ1) is 10.2. The van der Waals surface area contributed by atoms with Crippen LogP contribution in [0.4, 0.5) is 0 Å². The molecule has 0 saturated heterocycles. The largest absolute Gasteiger partial charge is 0.494 e. The van der Waals surface area contributed by atoms with Gasteiger partial charge in [0, 0.05) is 19.0 Å². The van der Waals surface area contributed by atoms with Gasteiger partial charge in [0.2, 0.25) is 10.0 Å². The zero-order chi connectivity index (χ0) is 16.5. The molecular formula is C16H25NO4S. The topological polar surface area (TPSA) is 55.8 Å². The van der Waals surface area contributed by atoms with Crippen molar-refractivity contribution in [3.63, 3.8) is 0 Å². The summed E-state index contributed by atoms with van der Waals surface area (Å²) in [5.41, 5.74) is 0.451. The fraction of sp³-hybridized carbons (Fsp3) is 0.625. The van der Waals surface area contributed by atoms with E-state index >= 15 is 0 Å². The SMILES string of the molecule is CCOc1ccc2c(c1)C(N(C)S(=O)(=O)CC)CC(C)(C)O2. The Bertz CT molecular complexity index is 640. The second-order valence-corrected chi connectivity index (χ2v) is 8.45. The summed E-state index contributed by atoms with van der Waals surface area (Å²) in [6.45, 7) is 8.11. The third kappa shape index (κ3) is 3.38. The van der Waals surface area contributed by atoms with Crippen LogP contribution in [-0.4, -0.2) is 37.7 Å². The van der Waals surface area contributed by atoms with Crippen LogP contribution in [0.15, 0.2) is 18.2 Å². The predicted octanol–water partition coefficient (Wildman–Crippen LogP) is 2.97. The monoisotopic (exact) mass is 327 g/mol. The number of hydrogen-bond donors (Lipinski definition) is 0. The van der Waals surface area contributed by atoms with Gasteiger partial charge in [-0.05, 0) is 45.9 Å². The molecule has 1 aliphatic rings. The van der Waals surface area contributed by atoms with Crippen molar-refractivity contribution < 1.29 is 17.9 Å². The molecule has 0 amide bonds. The Kier molecular flexibility index (Phi) is 4.73. The first-order valence-corrected chi connectivity index (χ1v) is 9.22. The highest BCUT2D eigenvalue weighted by molar-refractivity contribution is 7.89. The summed E-state index contributed by atoms with van der Waals surface area (Å²) < 4.78 is 37.6. The summed E-state index contributed by atoms with van der Waals surface area (Å²) >= 11 is 0.